The molecule has 2 rings (SSSR count). The molecule has 1 fully saturated rings. The molecular formula is C10H15NO. The van der Waals surface area contributed by atoms with Gasteiger partial charge in [-0.1, -0.05) is 6.08 Å². The Morgan fingerprint density at radius 2 is 2.50 bits per heavy atom. The third-order valence-corrected chi connectivity index (χ3v) is 2.86. The molecule has 66 valence electrons. The van der Waals surface area contributed by atoms with Gasteiger partial charge in [0.1, 0.15) is 0 Å². The Kier molecular flexibility index (Phi) is 2.01. The van der Waals surface area contributed by atoms with E-state index in [1.807, 2.05) is 6.21 Å². The van der Waals surface area contributed by atoms with Crippen molar-refractivity contribution in [2.45, 2.75) is 25.8 Å². The molecule has 0 amide bonds. The molecule has 0 radical (unpaired) electrons. The third kappa shape index (κ3) is 1.44. The number of nitrogens with zero attached hydrogens (tertiary/aromatic N) is 1. The number of aliphatic imine (C=N–C) groups is 1. The lowest BCUT2D eigenvalue weighted by Crippen LogP contribution is -2.12. The molecule has 1 unspecified atom stereocenters. The molecule has 0 saturated heterocycles. The van der Waals surface area contributed by atoms with Gasteiger partial charge in [0.05, 0.1) is 6.04 Å². The average Bonchev–Trinajstić information content (AvgIpc) is 2.85. The lowest BCUT2D eigenvalue weighted by molar-refractivity contribution is 0.265. The van der Waals surface area contributed by atoms with Crippen molar-refractivity contribution in [3.05, 3.63) is 11.6 Å². The molecule has 1 aliphatic carbocycles. The predicted molar refractivity (Wildman–Crippen MR) is 49.3 cm³/mol. The van der Waals surface area contributed by atoms with Crippen molar-refractivity contribution >= 4 is 6.21 Å². The van der Waals surface area contributed by atoms with E-state index in [0.717, 1.165) is 6.42 Å². The van der Waals surface area contributed by atoms with E-state index in [2.05, 4.69) is 18.0 Å². The predicted octanol–water partition coefficient (Wildman–Crippen LogP) is 1.40. The largest absolute Gasteiger partial charge is 0.396 e. The Morgan fingerprint density at radius 3 is 3.00 bits per heavy atom. The summed E-state index contributed by atoms with van der Waals surface area (Å²) in [6, 6.07) is 0.464. The third-order valence-electron chi connectivity index (χ3n) is 2.86. The van der Waals surface area contributed by atoms with E-state index in [-0.39, 0.29) is 0 Å². The van der Waals surface area contributed by atoms with Crippen LogP contribution in [0, 0.1) is 11.8 Å². The fourth-order valence-corrected chi connectivity index (χ4v) is 1.87. The molecule has 1 aliphatic heterocycles. The van der Waals surface area contributed by atoms with Crippen molar-refractivity contribution in [3.63, 3.8) is 0 Å². The Bertz CT molecular complexity index is 232. The average molecular weight is 165 g/mol. The van der Waals surface area contributed by atoms with Crippen LogP contribution in [0.2, 0.25) is 0 Å². The first-order chi connectivity index (χ1) is 5.81. The number of dihydropyridines is 1. The topological polar surface area (TPSA) is 32.6 Å². The maximum absolute atomic E-state index is 8.89. The quantitative estimate of drug-likeness (QED) is 0.659. The van der Waals surface area contributed by atoms with Crippen LogP contribution in [-0.2, 0) is 0 Å². The molecule has 2 heteroatoms. The Labute approximate surface area is 73.0 Å². The Balaban J connectivity index is 1.90. The van der Waals surface area contributed by atoms with E-state index in [0.29, 0.717) is 24.5 Å². The molecule has 0 aromatic carbocycles. The van der Waals surface area contributed by atoms with Gasteiger partial charge in [0.2, 0.25) is 0 Å². The van der Waals surface area contributed by atoms with Crippen LogP contribution in [0.3, 0.4) is 0 Å². The fourth-order valence-electron chi connectivity index (χ4n) is 1.87. The molecule has 0 spiro atoms. The van der Waals surface area contributed by atoms with Crippen molar-refractivity contribution in [2.24, 2.45) is 16.8 Å². The molecule has 1 saturated carbocycles. The van der Waals surface area contributed by atoms with Crippen molar-refractivity contribution in [1.82, 2.24) is 0 Å². The molecule has 0 bridgehead atoms. The van der Waals surface area contributed by atoms with Gasteiger partial charge in [-0.3, -0.25) is 4.99 Å². The lowest BCUT2D eigenvalue weighted by atomic mass is 10.0. The molecule has 2 aliphatic rings. The Hall–Kier alpha value is -0.630. The number of aliphatic hydroxyl groups excluding tert-OH is 1. The number of allylic oxidation sites excluding steroid dienone is 1. The van der Waals surface area contributed by atoms with E-state index in [1.54, 1.807) is 0 Å². The van der Waals surface area contributed by atoms with Crippen molar-refractivity contribution in [1.29, 1.82) is 0 Å². The number of rotatable bonds is 2. The van der Waals surface area contributed by atoms with E-state index in [9.17, 15) is 0 Å². The van der Waals surface area contributed by atoms with Gasteiger partial charge in [-0.25, -0.2) is 0 Å². The summed E-state index contributed by atoms with van der Waals surface area (Å²) in [6.45, 7) is 2.43. The van der Waals surface area contributed by atoms with Crippen LogP contribution < -0.4 is 0 Å². The highest BCUT2D eigenvalue weighted by atomic mass is 16.3. The molecule has 3 atom stereocenters. The molecule has 12 heavy (non-hydrogen) atoms. The van der Waals surface area contributed by atoms with Gasteiger partial charge in [-0.15, -0.1) is 0 Å². The van der Waals surface area contributed by atoms with Crippen LogP contribution in [0.5, 0.6) is 0 Å². The summed E-state index contributed by atoms with van der Waals surface area (Å²) in [7, 11) is 0. The molecule has 1 heterocycles. The minimum absolute atomic E-state index is 0.347. The van der Waals surface area contributed by atoms with Crippen LogP contribution in [0.25, 0.3) is 0 Å². The Morgan fingerprint density at radius 1 is 1.67 bits per heavy atom. The molecule has 2 nitrogen and oxygen atoms in total. The highest BCUT2D eigenvalue weighted by molar-refractivity contribution is 5.78. The zero-order chi connectivity index (χ0) is 8.55. The zero-order valence-electron chi connectivity index (χ0n) is 7.40. The number of aliphatic hydroxyl groups is 1. The SMILES string of the molecule is CC1=CCC([C@H]2C[C@@H]2CO)N=C1. The van der Waals surface area contributed by atoms with Crippen molar-refractivity contribution in [3.8, 4) is 0 Å². The van der Waals surface area contributed by atoms with Gasteiger partial charge in [0.25, 0.3) is 0 Å². The van der Waals surface area contributed by atoms with E-state index < -0.39 is 0 Å². The van der Waals surface area contributed by atoms with E-state index in [4.69, 9.17) is 5.11 Å². The van der Waals surface area contributed by atoms with Gasteiger partial charge < -0.3 is 5.11 Å². The van der Waals surface area contributed by atoms with E-state index in [1.165, 1.54) is 12.0 Å². The van der Waals surface area contributed by atoms with Gasteiger partial charge in [0.15, 0.2) is 0 Å². The van der Waals surface area contributed by atoms with Crippen LogP contribution >= 0.6 is 0 Å². The zero-order valence-corrected chi connectivity index (χ0v) is 7.40. The maximum atomic E-state index is 8.89. The standard InChI is InChI=1S/C10H15NO/c1-7-2-3-10(11-5-7)9-4-8(9)6-12/h2,5,8-10,12H,3-4,6H2,1H3/t8-,9+,10?/m1/s1. The van der Waals surface area contributed by atoms with Gasteiger partial charge in [-0.2, -0.15) is 0 Å². The summed E-state index contributed by atoms with van der Waals surface area (Å²) in [6.07, 6.45) is 6.44. The fraction of sp³-hybridized carbons (Fsp3) is 0.700. The number of hydrogen-bond donors (Lipinski definition) is 1. The minimum Gasteiger partial charge on any atom is -0.396 e. The van der Waals surface area contributed by atoms with Gasteiger partial charge in [-0.05, 0) is 37.2 Å². The molecular weight excluding hydrogens is 150 g/mol. The van der Waals surface area contributed by atoms with Crippen LogP contribution in [0.15, 0.2) is 16.6 Å². The van der Waals surface area contributed by atoms with E-state index >= 15 is 0 Å². The second-order valence-corrected chi connectivity index (χ2v) is 3.87. The summed E-state index contributed by atoms with van der Waals surface area (Å²) in [5.41, 5.74) is 1.27. The number of hydrogen-bond acceptors (Lipinski definition) is 2. The first-order valence-corrected chi connectivity index (χ1v) is 4.62. The molecule has 0 aromatic rings. The summed E-state index contributed by atoms with van der Waals surface area (Å²) < 4.78 is 0. The monoisotopic (exact) mass is 165 g/mol. The summed E-state index contributed by atoms with van der Waals surface area (Å²) in [5.74, 6) is 1.20. The summed E-state index contributed by atoms with van der Waals surface area (Å²) in [5, 5.41) is 8.89. The van der Waals surface area contributed by atoms with Crippen LogP contribution in [0.4, 0.5) is 0 Å². The molecule has 0 aromatic heterocycles. The summed E-state index contributed by atoms with van der Waals surface area (Å²) in [4.78, 5) is 4.47. The second kappa shape index (κ2) is 3.02. The van der Waals surface area contributed by atoms with Crippen LogP contribution in [-0.4, -0.2) is 24.0 Å². The molecule has 1 N–H and O–H groups in total. The first-order valence-electron chi connectivity index (χ1n) is 4.62. The maximum Gasteiger partial charge on any atom is 0.0566 e. The minimum atomic E-state index is 0.347. The lowest BCUT2D eigenvalue weighted by Gasteiger charge is -2.13. The highest BCUT2D eigenvalue weighted by Crippen LogP contribution is 2.43. The van der Waals surface area contributed by atoms with Crippen LogP contribution in [0.1, 0.15) is 19.8 Å². The summed E-state index contributed by atoms with van der Waals surface area (Å²) >= 11 is 0. The van der Waals surface area contributed by atoms with Crippen molar-refractivity contribution in [2.75, 3.05) is 6.61 Å². The second-order valence-electron chi connectivity index (χ2n) is 3.87. The van der Waals surface area contributed by atoms with Crippen molar-refractivity contribution < 1.29 is 5.11 Å². The first kappa shape index (κ1) is 7.99. The van der Waals surface area contributed by atoms with Gasteiger partial charge in [0, 0.05) is 12.8 Å². The highest BCUT2D eigenvalue weighted by Gasteiger charge is 2.41. The smallest absolute Gasteiger partial charge is 0.0566 e. The van der Waals surface area contributed by atoms with Gasteiger partial charge >= 0.3 is 0 Å². The normalized spacial score (nSPS) is 39.5.